The molecule has 22 heavy (non-hydrogen) atoms. The van der Waals surface area contributed by atoms with E-state index >= 15 is 0 Å². The van der Waals surface area contributed by atoms with Gasteiger partial charge in [0.05, 0.1) is 19.3 Å². The largest absolute Gasteiger partial charge is 0.490 e. The van der Waals surface area contributed by atoms with Crippen molar-refractivity contribution in [3.05, 3.63) is 0 Å². The summed E-state index contributed by atoms with van der Waals surface area (Å²) in [6.45, 7) is 3.35. The van der Waals surface area contributed by atoms with Crippen molar-refractivity contribution in [3.8, 4) is 0 Å². The lowest BCUT2D eigenvalue weighted by molar-refractivity contribution is -0.193. The minimum atomic E-state index is -5.08. The van der Waals surface area contributed by atoms with Crippen LogP contribution >= 0.6 is 0 Å². The van der Waals surface area contributed by atoms with Crippen molar-refractivity contribution in [3.63, 3.8) is 0 Å². The normalized spacial score (nSPS) is 14.7. The summed E-state index contributed by atoms with van der Waals surface area (Å²) in [4.78, 5) is 17.8. The third-order valence-corrected chi connectivity index (χ3v) is 1.70. The molecule has 1 saturated heterocycles. The van der Waals surface area contributed by atoms with Gasteiger partial charge >= 0.3 is 24.3 Å². The number of rotatable bonds is 3. The van der Waals surface area contributed by atoms with Crippen molar-refractivity contribution in [2.24, 2.45) is 5.73 Å². The predicted octanol–water partition coefficient (Wildman–Crippen LogP) is 0.200. The lowest BCUT2D eigenvalue weighted by Gasteiger charge is -2.26. The van der Waals surface area contributed by atoms with Crippen LogP contribution in [0.25, 0.3) is 0 Å². The molecule has 0 aromatic heterocycles. The Balaban J connectivity index is 0. The van der Waals surface area contributed by atoms with E-state index in [4.69, 9.17) is 30.3 Å². The Labute approximate surface area is 120 Å². The fourth-order valence-electron chi connectivity index (χ4n) is 0.641. The molecule has 0 saturated carbocycles. The summed E-state index contributed by atoms with van der Waals surface area (Å²) < 4.78 is 68.4. The maximum atomic E-state index is 10.6. The van der Waals surface area contributed by atoms with Gasteiger partial charge in [-0.1, -0.05) is 0 Å². The number of alkyl halides is 6. The van der Waals surface area contributed by atoms with Crippen LogP contribution in [-0.4, -0.2) is 66.8 Å². The number of ether oxygens (including phenoxy) is 1. The van der Waals surface area contributed by atoms with E-state index in [0.29, 0.717) is 6.04 Å². The van der Waals surface area contributed by atoms with Gasteiger partial charge in [-0.3, -0.25) is 0 Å². The van der Waals surface area contributed by atoms with Crippen LogP contribution in [0.1, 0.15) is 0 Å². The highest BCUT2D eigenvalue weighted by Crippen LogP contribution is 2.13. The molecule has 7 nitrogen and oxygen atoms in total. The van der Waals surface area contributed by atoms with Crippen molar-refractivity contribution in [1.29, 1.82) is 0 Å². The minimum absolute atomic E-state index is 0.582. The van der Waals surface area contributed by atoms with Gasteiger partial charge in [-0.25, -0.2) is 9.59 Å². The number of carbonyl (C=O) groups is 2. The van der Waals surface area contributed by atoms with Crippen LogP contribution in [0.3, 0.4) is 0 Å². The molecule has 0 atom stereocenters. The summed E-state index contributed by atoms with van der Waals surface area (Å²) in [5.41, 5.74) is 5.25. The first-order chi connectivity index (χ1) is 9.82. The van der Waals surface area contributed by atoms with Gasteiger partial charge in [0.2, 0.25) is 0 Å². The Morgan fingerprint density at radius 3 is 1.50 bits per heavy atom. The number of hydrogen-bond acceptors (Lipinski definition) is 5. The Kier molecular flexibility index (Phi) is 10.5. The van der Waals surface area contributed by atoms with Crippen LogP contribution in [0.15, 0.2) is 0 Å². The molecule has 0 bridgehead atoms. The molecule has 1 aliphatic heterocycles. The predicted molar refractivity (Wildman–Crippen MR) is 59.0 cm³/mol. The van der Waals surface area contributed by atoms with E-state index < -0.39 is 24.3 Å². The molecule has 1 rings (SSSR count). The molecule has 1 heterocycles. The first-order valence-electron chi connectivity index (χ1n) is 5.43. The van der Waals surface area contributed by atoms with Crippen molar-refractivity contribution in [2.75, 3.05) is 26.3 Å². The minimum Gasteiger partial charge on any atom is -0.475 e. The topological polar surface area (TPSA) is 122 Å². The third kappa shape index (κ3) is 13.4. The Bertz CT molecular complexity index is 318. The van der Waals surface area contributed by atoms with Gasteiger partial charge in [0.25, 0.3) is 0 Å². The number of halogens is 6. The smallest absolute Gasteiger partial charge is 0.475 e. The summed E-state index contributed by atoms with van der Waals surface area (Å²) in [7, 11) is 0. The number of carboxylic acids is 2. The summed E-state index contributed by atoms with van der Waals surface area (Å²) in [5, 5.41) is 17.5. The summed E-state index contributed by atoms with van der Waals surface area (Å²) in [6, 6.07) is 0.582. The molecule has 0 aromatic carbocycles. The standard InChI is InChI=1S/C5H12N2O.2C2HF3O2/c6-1-2-7-5-3-8-4-5;2*3-2(4,5)1(6)7/h5,7H,1-4,6H2;2*(H,6,7). The highest BCUT2D eigenvalue weighted by atomic mass is 19.4. The molecular formula is C9H14F6N2O5. The molecule has 0 amide bonds. The van der Waals surface area contributed by atoms with Crippen LogP contribution < -0.4 is 11.1 Å². The fourth-order valence-corrected chi connectivity index (χ4v) is 0.641. The first-order valence-corrected chi connectivity index (χ1v) is 5.43. The lowest BCUT2D eigenvalue weighted by Crippen LogP contribution is -2.47. The average molecular weight is 344 g/mol. The number of aliphatic carboxylic acids is 2. The van der Waals surface area contributed by atoms with Crippen LogP contribution in [0.2, 0.25) is 0 Å². The second-order valence-corrected chi connectivity index (χ2v) is 3.58. The molecule has 132 valence electrons. The van der Waals surface area contributed by atoms with Gasteiger partial charge < -0.3 is 26.0 Å². The third-order valence-electron chi connectivity index (χ3n) is 1.70. The van der Waals surface area contributed by atoms with Crippen molar-refractivity contribution >= 4 is 11.9 Å². The van der Waals surface area contributed by atoms with E-state index in [1.54, 1.807) is 0 Å². The summed E-state index contributed by atoms with van der Waals surface area (Å²) in [6.07, 6.45) is -10.2. The van der Waals surface area contributed by atoms with Crippen LogP contribution in [0.4, 0.5) is 26.3 Å². The van der Waals surface area contributed by atoms with E-state index in [1.807, 2.05) is 0 Å². The lowest BCUT2D eigenvalue weighted by atomic mass is 10.2. The Morgan fingerprint density at radius 2 is 1.36 bits per heavy atom. The second kappa shape index (κ2) is 10.2. The zero-order valence-corrected chi connectivity index (χ0v) is 10.9. The van der Waals surface area contributed by atoms with Gasteiger partial charge in [-0.05, 0) is 0 Å². The molecule has 1 aliphatic rings. The molecular weight excluding hydrogens is 330 g/mol. The highest BCUT2D eigenvalue weighted by Gasteiger charge is 2.38. The van der Waals surface area contributed by atoms with Gasteiger partial charge in [-0.2, -0.15) is 26.3 Å². The summed E-state index contributed by atoms with van der Waals surface area (Å²) in [5.74, 6) is -5.51. The van der Waals surface area contributed by atoms with E-state index in [1.165, 1.54) is 0 Å². The zero-order valence-electron chi connectivity index (χ0n) is 10.9. The van der Waals surface area contributed by atoms with Crippen molar-refractivity contribution in [1.82, 2.24) is 5.32 Å². The number of nitrogens with two attached hydrogens (primary N) is 1. The SMILES string of the molecule is NCCNC1COC1.O=C(O)C(F)(F)F.O=C(O)C(F)(F)F. The zero-order chi connectivity index (χ0) is 18.0. The monoisotopic (exact) mass is 344 g/mol. The Hall–Kier alpha value is -1.60. The van der Waals surface area contributed by atoms with Crippen molar-refractivity contribution < 1.29 is 50.9 Å². The van der Waals surface area contributed by atoms with Crippen LogP contribution in [0.5, 0.6) is 0 Å². The molecule has 13 heteroatoms. The molecule has 0 aromatic rings. The fraction of sp³-hybridized carbons (Fsp3) is 0.778. The van der Waals surface area contributed by atoms with Crippen LogP contribution in [0, 0.1) is 0 Å². The maximum absolute atomic E-state index is 10.6. The van der Waals surface area contributed by atoms with E-state index in [0.717, 1.165) is 26.3 Å². The molecule has 0 unspecified atom stereocenters. The number of nitrogens with one attached hydrogen (secondary N) is 1. The number of hydrogen-bond donors (Lipinski definition) is 4. The van der Waals surface area contributed by atoms with Gasteiger partial charge in [0.15, 0.2) is 0 Å². The van der Waals surface area contributed by atoms with E-state index in [9.17, 15) is 26.3 Å². The number of carboxylic acid groups (broad SMARTS) is 2. The first kappa shape index (κ1) is 22.7. The van der Waals surface area contributed by atoms with Crippen molar-refractivity contribution in [2.45, 2.75) is 18.4 Å². The van der Waals surface area contributed by atoms with Gasteiger partial charge in [0.1, 0.15) is 0 Å². The maximum Gasteiger partial charge on any atom is 0.490 e. The van der Waals surface area contributed by atoms with Gasteiger partial charge in [0, 0.05) is 13.1 Å². The van der Waals surface area contributed by atoms with Gasteiger partial charge in [-0.15, -0.1) is 0 Å². The van der Waals surface area contributed by atoms with E-state index in [-0.39, 0.29) is 0 Å². The van der Waals surface area contributed by atoms with Crippen LogP contribution in [-0.2, 0) is 14.3 Å². The second-order valence-electron chi connectivity index (χ2n) is 3.58. The molecule has 1 fully saturated rings. The molecule has 0 aliphatic carbocycles. The highest BCUT2D eigenvalue weighted by molar-refractivity contribution is 5.73. The molecule has 0 spiro atoms. The Morgan fingerprint density at radius 1 is 1.05 bits per heavy atom. The molecule has 5 N–H and O–H groups in total. The molecule has 0 radical (unpaired) electrons. The van der Waals surface area contributed by atoms with E-state index in [2.05, 4.69) is 5.32 Å². The quantitative estimate of drug-likeness (QED) is 0.540. The summed E-state index contributed by atoms with van der Waals surface area (Å²) >= 11 is 0. The average Bonchev–Trinajstić information content (AvgIpc) is 2.26.